The van der Waals surface area contributed by atoms with Crippen molar-refractivity contribution in [1.82, 2.24) is 4.90 Å². The van der Waals surface area contributed by atoms with Crippen molar-refractivity contribution in [2.45, 2.75) is 50.3 Å². The Bertz CT molecular complexity index is 284. The first-order valence-corrected chi connectivity index (χ1v) is 6.41. The number of carboxylic acids is 1. The molecule has 1 aliphatic heterocycles. The number of nitrogens with zero attached hydrogens (tertiary/aromatic N) is 1. The van der Waals surface area contributed by atoms with Crippen molar-refractivity contribution in [2.75, 3.05) is 13.2 Å². The average molecular weight is 243 g/mol. The van der Waals surface area contributed by atoms with E-state index in [2.05, 4.69) is 0 Å². The standard InChI is InChI=1S/C12H21NO4/c14-7-9(15)6-13-10-4-2-1-3-8(10)5-11(13)12(16)17/h8-11,14-15H,1-7H2,(H,16,17). The lowest BCUT2D eigenvalue weighted by atomic mass is 9.85. The predicted molar refractivity (Wildman–Crippen MR) is 61.6 cm³/mol. The van der Waals surface area contributed by atoms with Gasteiger partial charge in [-0.25, -0.2) is 0 Å². The van der Waals surface area contributed by atoms with Crippen LogP contribution in [0.4, 0.5) is 0 Å². The first-order valence-electron chi connectivity index (χ1n) is 6.41. The highest BCUT2D eigenvalue weighted by molar-refractivity contribution is 5.74. The molecule has 17 heavy (non-hydrogen) atoms. The van der Waals surface area contributed by atoms with Crippen LogP contribution in [-0.4, -0.2) is 57.5 Å². The number of hydrogen-bond donors (Lipinski definition) is 3. The maximum absolute atomic E-state index is 11.2. The average Bonchev–Trinajstić information content (AvgIpc) is 2.68. The van der Waals surface area contributed by atoms with Gasteiger partial charge >= 0.3 is 5.97 Å². The second kappa shape index (κ2) is 5.33. The zero-order chi connectivity index (χ0) is 12.4. The van der Waals surface area contributed by atoms with Gasteiger partial charge in [-0.15, -0.1) is 0 Å². The fourth-order valence-corrected chi connectivity index (χ4v) is 3.36. The van der Waals surface area contributed by atoms with Crippen LogP contribution in [0, 0.1) is 5.92 Å². The third-order valence-electron chi connectivity index (χ3n) is 4.14. The maximum atomic E-state index is 11.2. The molecule has 4 unspecified atom stereocenters. The summed E-state index contributed by atoms with van der Waals surface area (Å²) in [5, 5.41) is 27.6. The molecular weight excluding hydrogens is 222 g/mol. The second-order valence-corrected chi connectivity index (χ2v) is 5.23. The summed E-state index contributed by atoms with van der Waals surface area (Å²) in [5.41, 5.74) is 0. The van der Waals surface area contributed by atoms with E-state index in [1.165, 1.54) is 6.42 Å². The van der Waals surface area contributed by atoms with Crippen LogP contribution < -0.4 is 0 Å². The van der Waals surface area contributed by atoms with E-state index in [1.807, 2.05) is 4.90 Å². The number of hydrogen-bond acceptors (Lipinski definition) is 4. The summed E-state index contributed by atoms with van der Waals surface area (Å²) in [7, 11) is 0. The second-order valence-electron chi connectivity index (χ2n) is 5.23. The van der Waals surface area contributed by atoms with Crippen molar-refractivity contribution in [3.63, 3.8) is 0 Å². The molecule has 1 heterocycles. The van der Waals surface area contributed by atoms with E-state index in [4.69, 9.17) is 5.11 Å². The molecule has 5 heteroatoms. The Morgan fingerprint density at radius 2 is 2.06 bits per heavy atom. The Labute approximate surface area is 101 Å². The van der Waals surface area contributed by atoms with E-state index >= 15 is 0 Å². The van der Waals surface area contributed by atoms with E-state index in [0.717, 1.165) is 19.3 Å². The molecule has 0 amide bonds. The van der Waals surface area contributed by atoms with Gasteiger partial charge in [0, 0.05) is 12.6 Å². The summed E-state index contributed by atoms with van der Waals surface area (Å²) in [5.74, 6) is -0.347. The Hall–Kier alpha value is -0.650. The van der Waals surface area contributed by atoms with Crippen molar-refractivity contribution < 1.29 is 20.1 Å². The van der Waals surface area contributed by atoms with Crippen LogP contribution >= 0.6 is 0 Å². The summed E-state index contributed by atoms with van der Waals surface area (Å²) in [4.78, 5) is 13.1. The zero-order valence-electron chi connectivity index (χ0n) is 9.96. The first-order chi connectivity index (χ1) is 8.13. The van der Waals surface area contributed by atoms with Crippen LogP contribution in [0.5, 0.6) is 0 Å². The molecule has 2 rings (SSSR count). The van der Waals surface area contributed by atoms with Gasteiger partial charge in [-0.05, 0) is 25.2 Å². The molecule has 4 atom stereocenters. The Kier molecular flexibility index (Phi) is 4.01. The third-order valence-corrected chi connectivity index (χ3v) is 4.14. The number of rotatable bonds is 4. The first kappa shape index (κ1) is 12.8. The molecule has 3 N–H and O–H groups in total. The third kappa shape index (κ3) is 2.61. The van der Waals surface area contributed by atoms with Gasteiger partial charge in [-0.1, -0.05) is 12.8 Å². The maximum Gasteiger partial charge on any atom is 0.320 e. The van der Waals surface area contributed by atoms with Gasteiger partial charge in [0.05, 0.1) is 12.7 Å². The summed E-state index contributed by atoms with van der Waals surface area (Å²) in [6, 6.07) is -0.199. The van der Waals surface area contributed by atoms with E-state index in [9.17, 15) is 15.0 Å². The Morgan fingerprint density at radius 3 is 2.71 bits per heavy atom. The molecule has 2 aliphatic rings. The number of aliphatic hydroxyl groups excluding tert-OH is 2. The number of aliphatic carboxylic acids is 1. The molecule has 2 fully saturated rings. The number of carboxylic acid groups (broad SMARTS) is 1. The lowest BCUT2D eigenvalue weighted by Gasteiger charge is -2.33. The van der Waals surface area contributed by atoms with Gasteiger partial charge in [0.25, 0.3) is 0 Å². The number of carbonyl (C=O) groups is 1. The lowest BCUT2D eigenvalue weighted by Crippen LogP contribution is -2.46. The minimum absolute atomic E-state index is 0.272. The molecule has 0 radical (unpaired) electrons. The van der Waals surface area contributed by atoms with Crippen molar-refractivity contribution in [1.29, 1.82) is 0 Å². The Morgan fingerprint density at radius 1 is 1.35 bits per heavy atom. The summed E-state index contributed by atoms with van der Waals surface area (Å²) < 4.78 is 0. The summed E-state index contributed by atoms with van der Waals surface area (Å²) in [6.45, 7) is -0.0329. The summed E-state index contributed by atoms with van der Waals surface area (Å²) in [6.07, 6.45) is 4.30. The molecule has 0 aromatic heterocycles. The van der Waals surface area contributed by atoms with Gasteiger partial charge < -0.3 is 15.3 Å². The molecule has 98 valence electrons. The van der Waals surface area contributed by atoms with Crippen molar-refractivity contribution in [2.24, 2.45) is 5.92 Å². The number of aliphatic hydroxyl groups is 2. The van der Waals surface area contributed by atoms with Crippen LogP contribution in [0.2, 0.25) is 0 Å². The van der Waals surface area contributed by atoms with Crippen molar-refractivity contribution in [3.05, 3.63) is 0 Å². The normalized spacial score (nSPS) is 35.5. The Balaban J connectivity index is 2.08. The number of β-amino-alcohol motifs (C(OH)–C–C–N with tert-alkyl or cyclic N) is 1. The van der Waals surface area contributed by atoms with E-state index in [-0.39, 0.29) is 19.2 Å². The molecule has 5 nitrogen and oxygen atoms in total. The molecule has 0 aromatic rings. The molecule has 1 saturated heterocycles. The monoisotopic (exact) mass is 243 g/mol. The highest BCUT2D eigenvalue weighted by atomic mass is 16.4. The van der Waals surface area contributed by atoms with E-state index < -0.39 is 18.1 Å². The predicted octanol–water partition coefficient (Wildman–Crippen LogP) is 0.0573. The fraction of sp³-hybridized carbons (Fsp3) is 0.917. The van der Waals surface area contributed by atoms with Crippen LogP contribution in [-0.2, 0) is 4.79 Å². The van der Waals surface area contributed by atoms with Gasteiger partial charge in [-0.2, -0.15) is 0 Å². The molecule has 0 spiro atoms. The molecular formula is C12H21NO4. The number of likely N-dealkylation sites (tertiary alicyclic amines) is 1. The quantitative estimate of drug-likeness (QED) is 0.650. The minimum atomic E-state index is -0.836. The van der Waals surface area contributed by atoms with E-state index in [0.29, 0.717) is 12.3 Å². The van der Waals surface area contributed by atoms with Crippen LogP contribution in [0.15, 0.2) is 0 Å². The van der Waals surface area contributed by atoms with Gasteiger partial charge in [0.15, 0.2) is 0 Å². The van der Waals surface area contributed by atoms with Gasteiger partial charge in [0.2, 0.25) is 0 Å². The van der Waals surface area contributed by atoms with Crippen LogP contribution in [0.3, 0.4) is 0 Å². The summed E-state index contributed by atoms with van der Waals surface area (Å²) >= 11 is 0. The smallest absolute Gasteiger partial charge is 0.320 e. The van der Waals surface area contributed by atoms with Crippen LogP contribution in [0.25, 0.3) is 0 Å². The van der Waals surface area contributed by atoms with Crippen molar-refractivity contribution in [3.8, 4) is 0 Å². The largest absolute Gasteiger partial charge is 0.480 e. The van der Waals surface area contributed by atoms with Gasteiger partial charge in [0.1, 0.15) is 6.04 Å². The SMILES string of the molecule is O=C(O)C1CC2CCCCC2N1CC(O)CO. The molecule has 1 aliphatic carbocycles. The van der Waals surface area contributed by atoms with Crippen LogP contribution in [0.1, 0.15) is 32.1 Å². The molecule has 1 saturated carbocycles. The highest BCUT2D eigenvalue weighted by Crippen LogP contribution is 2.39. The highest BCUT2D eigenvalue weighted by Gasteiger charge is 2.45. The fourth-order valence-electron chi connectivity index (χ4n) is 3.36. The van der Waals surface area contributed by atoms with E-state index in [1.54, 1.807) is 0 Å². The topological polar surface area (TPSA) is 81.0 Å². The lowest BCUT2D eigenvalue weighted by molar-refractivity contribution is -0.143. The number of fused-ring (bicyclic) bond motifs is 1. The molecule has 0 aromatic carbocycles. The molecule has 0 bridgehead atoms. The van der Waals surface area contributed by atoms with Crippen molar-refractivity contribution >= 4 is 5.97 Å². The minimum Gasteiger partial charge on any atom is -0.480 e. The van der Waals surface area contributed by atoms with Gasteiger partial charge in [-0.3, -0.25) is 9.69 Å². The zero-order valence-corrected chi connectivity index (χ0v) is 9.96.